The summed E-state index contributed by atoms with van der Waals surface area (Å²) in [6.45, 7) is 2.55. The lowest BCUT2D eigenvalue weighted by molar-refractivity contribution is -0.150. The molecule has 0 bridgehead atoms. The first kappa shape index (κ1) is 18.0. The summed E-state index contributed by atoms with van der Waals surface area (Å²) in [5, 5.41) is 4.09. The highest BCUT2D eigenvalue weighted by Gasteiger charge is 2.36. The molecule has 8 nitrogen and oxygen atoms in total. The third kappa shape index (κ3) is 3.93. The van der Waals surface area contributed by atoms with Crippen LogP contribution in [0.5, 0.6) is 0 Å². The van der Waals surface area contributed by atoms with Crippen LogP contribution in [0.25, 0.3) is 0 Å². The number of carbonyl (C=O) groups excluding carboxylic acids is 3. The Morgan fingerprint density at radius 2 is 2.00 bits per heavy atom. The molecule has 0 unspecified atom stereocenters. The molecule has 1 saturated heterocycles. The molecule has 0 aromatic carbocycles. The van der Waals surface area contributed by atoms with Gasteiger partial charge in [-0.05, 0) is 12.5 Å². The fourth-order valence-corrected chi connectivity index (χ4v) is 2.94. The first-order valence-corrected chi connectivity index (χ1v) is 8.04. The zero-order valence-corrected chi connectivity index (χ0v) is 14.7. The molecule has 24 heavy (non-hydrogen) atoms. The molecular weight excluding hydrogens is 310 g/mol. The fourth-order valence-electron chi connectivity index (χ4n) is 2.94. The van der Waals surface area contributed by atoms with Crippen molar-refractivity contribution in [3.8, 4) is 0 Å². The van der Waals surface area contributed by atoms with Gasteiger partial charge >= 0.3 is 0 Å². The molecule has 2 heterocycles. The number of rotatable bonds is 4. The molecule has 3 amide bonds. The molecule has 1 fully saturated rings. The summed E-state index contributed by atoms with van der Waals surface area (Å²) in [7, 11) is 5.16. The van der Waals surface area contributed by atoms with Crippen LogP contribution < -0.4 is 0 Å². The van der Waals surface area contributed by atoms with Crippen molar-refractivity contribution in [1.29, 1.82) is 0 Å². The van der Waals surface area contributed by atoms with Crippen LogP contribution in [0.1, 0.15) is 19.0 Å². The normalized spacial score (nSPS) is 17.8. The third-order valence-corrected chi connectivity index (χ3v) is 4.38. The van der Waals surface area contributed by atoms with Crippen molar-refractivity contribution in [3.05, 3.63) is 18.0 Å². The van der Waals surface area contributed by atoms with E-state index in [1.807, 2.05) is 13.1 Å². The Balaban J connectivity index is 2.01. The van der Waals surface area contributed by atoms with E-state index in [2.05, 4.69) is 5.10 Å². The molecule has 132 valence electrons. The lowest BCUT2D eigenvalue weighted by atomic mass is 10.1. The molecule has 0 aliphatic carbocycles. The summed E-state index contributed by atoms with van der Waals surface area (Å²) in [6, 6.07) is 1.28. The average Bonchev–Trinajstić information content (AvgIpc) is 2.96. The van der Waals surface area contributed by atoms with Crippen LogP contribution in [0.3, 0.4) is 0 Å². The van der Waals surface area contributed by atoms with Crippen LogP contribution in [-0.2, 0) is 27.9 Å². The molecule has 2 rings (SSSR count). The van der Waals surface area contributed by atoms with Gasteiger partial charge in [-0.25, -0.2) is 0 Å². The van der Waals surface area contributed by atoms with Gasteiger partial charge in [-0.3, -0.25) is 19.1 Å². The number of carbonyl (C=O) groups is 3. The van der Waals surface area contributed by atoms with E-state index in [-0.39, 0.29) is 24.3 Å². The van der Waals surface area contributed by atoms with Gasteiger partial charge in [-0.15, -0.1) is 0 Å². The molecule has 1 atom stereocenters. The van der Waals surface area contributed by atoms with E-state index in [4.69, 9.17) is 0 Å². The summed E-state index contributed by atoms with van der Waals surface area (Å²) in [6.07, 6.45) is 2.67. The maximum Gasteiger partial charge on any atom is 0.246 e. The molecule has 0 spiro atoms. The number of hydrogen-bond donors (Lipinski definition) is 0. The van der Waals surface area contributed by atoms with Gasteiger partial charge in [-0.1, -0.05) is 0 Å². The summed E-state index contributed by atoms with van der Waals surface area (Å²) in [5.74, 6) is -0.303. The Morgan fingerprint density at radius 1 is 1.29 bits per heavy atom. The maximum absolute atomic E-state index is 12.5. The second-order valence-corrected chi connectivity index (χ2v) is 6.25. The van der Waals surface area contributed by atoms with Crippen molar-refractivity contribution >= 4 is 17.7 Å². The highest BCUT2D eigenvalue weighted by atomic mass is 16.2. The van der Waals surface area contributed by atoms with Gasteiger partial charge in [0.05, 0.1) is 6.54 Å². The van der Waals surface area contributed by atoms with Gasteiger partial charge in [0.25, 0.3) is 0 Å². The van der Waals surface area contributed by atoms with Gasteiger partial charge in [0.2, 0.25) is 17.7 Å². The van der Waals surface area contributed by atoms with Crippen molar-refractivity contribution < 1.29 is 14.4 Å². The Morgan fingerprint density at radius 3 is 2.54 bits per heavy atom. The monoisotopic (exact) mass is 335 g/mol. The minimum Gasteiger partial charge on any atom is -0.347 e. The quantitative estimate of drug-likeness (QED) is 0.743. The molecule has 0 radical (unpaired) electrons. The average molecular weight is 335 g/mol. The minimum absolute atomic E-state index is 0.00374. The molecule has 1 aliphatic heterocycles. The lowest BCUT2D eigenvalue weighted by Gasteiger charge is -2.41. The number of piperazine rings is 1. The van der Waals surface area contributed by atoms with E-state index in [1.165, 1.54) is 11.8 Å². The van der Waals surface area contributed by atoms with E-state index in [0.717, 1.165) is 5.69 Å². The second-order valence-electron chi connectivity index (χ2n) is 6.25. The molecule has 1 aromatic rings. The lowest BCUT2D eigenvalue weighted by Crippen LogP contribution is -2.61. The topological polar surface area (TPSA) is 78.8 Å². The number of nitrogens with zero attached hydrogens (tertiary/aromatic N) is 5. The van der Waals surface area contributed by atoms with E-state index in [1.54, 1.807) is 34.8 Å². The minimum atomic E-state index is -0.605. The van der Waals surface area contributed by atoms with E-state index in [0.29, 0.717) is 25.9 Å². The highest BCUT2D eigenvalue weighted by molar-refractivity contribution is 5.88. The van der Waals surface area contributed by atoms with Gasteiger partial charge in [-0.2, -0.15) is 5.10 Å². The zero-order chi connectivity index (χ0) is 17.9. The number of hydrogen-bond acceptors (Lipinski definition) is 4. The smallest absolute Gasteiger partial charge is 0.246 e. The predicted octanol–water partition coefficient (Wildman–Crippen LogP) is -0.500. The van der Waals surface area contributed by atoms with Crippen LogP contribution in [-0.4, -0.2) is 82.0 Å². The largest absolute Gasteiger partial charge is 0.347 e. The van der Waals surface area contributed by atoms with E-state index < -0.39 is 6.04 Å². The van der Waals surface area contributed by atoms with Crippen molar-refractivity contribution in [3.63, 3.8) is 0 Å². The first-order chi connectivity index (χ1) is 11.3. The molecule has 8 heteroatoms. The standard InChI is InChI=1S/C16H25N5O3/c1-12(22)21-10-9-20(11-14(21)16(24)18(2)3)15(23)6-5-13-7-8-17-19(13)4/h7-8,14H,5-6,9-11H2,1-4H3/t14-/m0/s1. The van der Waals surface area contributed by atoms with E-state index in [9.17, 15) is 14.4 Å². The Hall–Kier alpha value is -2.38. The van der Waals surface area contributed by atoms with Crippen molar-refractivity contribution in [2.75, 3.05) is 33.7 Å². The van der Waals surface area contributed by atoms with Crippen LogP contribution in [0.15, 0.2) is 12.3 Å². The molecule has 1 aromatic heterocycles. The van der Waals surface area contributed by atoms with Gasteiger partial charge < -0.3 is 14.7 Å². The zero-order valence-electron chi connectivity index (χ0n) is 14.7. The molecule has 0 saturated carbocycles. The van der Waals surface area contributed by atoms with Crippen LogP contribution in [0.2, 0.25) is 0 Å². The Labute approximate surface area is 142 Å². The number of amides is 3. The van der Waals surface area contributed by atoms with Crippen LogP contribution >= 0.6 is 0 Å². The highest BCUT2D eigenvalue weighted by Crippen LogP contribution is 2.14. The fraction of sp³-hybridized carbons (Fsp3) is 0.625. The summed E-state index contributed by atoms with van der Waals surface area (Å²) < 4.78 is 1.75. The summed E-state index contributed by atoms with van der Waals surface area (Å²) in [5.41, 5.74) is 0.992. The SMILES string of the molecule is CC(=O)N1CCN(C(=O)CCc2ccnn2C)C[C@H]1C(=O)N(C)C. The Bertz CT molecular complexity index is 625. The number of aromatic nitrogens is 2. The molecular formula is C16H25N5O3. The van der Waals surface area contributed by atoms with Crippen molar-refractivity contribution in [2.24, 2.45) is 7.05 Å². The van der Waals surface area contributed by atoms with Gasteiger partial charge in [0, 0.05) is 59.5 Å². The Kier molecular flexibility index (Phi) is 5.58. The number of likely N-dealkylation sites (N-methyl/N-ethyl adjacent to an activating group) is 1. The predicted molar refractivity (Wildman–Crippen MR) is 88.0 cm³/mol. The van der Waals surface area contributed by atoms with Crippen LogP contribution in [0.4, 0.5) is 0 Å². The van der Waals surface area contributed by atoms with Gasteiger partial charge in [0.1, 0.15) is 6.04 Å². The first-order valence-electron chi connectivity index (χ1n) is 8.04. The summed E-state index contributed by atoms with van der Waals surface area (Å²) in [4.78, 5) is 41.3. The molecule has 0 N–H and O–H groups in total. The van der Waals surface area contributed by atoms with Crippen molar-refractivity contribution in [1.82, 2.24) is 24.5 Å². The molecule has 1 aliphatic rings. The maximum atomic E-state index is 12.5. The number of aryl methyl sites for hydroxylation is 2. The third-order valence-electron chi connectivity index (χ3n) is 4.38. The second kappa shape index (κ2) is 7.46. The van der Waals surface area contributed by atoms with Crippen molar-refractivity contribution in [2.45, 2.75) is 25.8 Å². The van der Waals surface area contributed by atoms with E-state index >= 15 is 0 Å². The van der Waals surface area contributed by atoms with Crippen LogP contribution in [0, 0.1) is 0 Å². The van der Waals surface area contributed by atoms with Gasteiger partial charge in [0.15, 0.2) is 0 Å². The summed E-state index contributed by atoms with van der Waals surface area (Å²) >= 11 is 0.